The van der Waals surface area contributed by atoms with E-state index in [-0.39, 0.29) is 35.3 Å². The van der Waals surface area contributed by atoms with E-state index in [2.05, 4.69) is 0 Å². The molecule has 0 saturated heterocycles. The number of benzene rings is 1. The third-order valence-corrected chi connectivity index (χ3v) is 5.22. The van der Waals surface area contributed by atoms with Gasteiger partial charge in [0, 0.05) is 24.3 Å². The molecule has 0 amide bonds. The molecule has 1 heterocycles. The van der Waals surface area contributed by atoms with Crippen LogP contribution in [0, 0.1) is 5.92 Å². The molecule has 1 fully saturated rings. The van der Waals surface area contributed by atoms with Crippen LogP contribution in [0.4, 0.5) is 13.2 Å². The van der Waals surface area contributed by atoms with Gasteiger partial charge in [0.05, 0.1) is 5.56 Å². The summed E-state index contributed by atoms with van der Waals surface area (Å²) in [5.74, 6) is -0.621. The van der Waals surface area contributed by atoms with E-state index in [1.165, 1.54) is 6.07 Å². The molecule has 2 atom stereocenters. The highest BCUT2D eigenvalue weighted by Gasteiger charge is 2.37. The second-order valence-electron chi connectivity index (χ2n) is 7.22. The van der Waals surface area contributed by atoms with Crippen LogP contribution in [0.5, 0.6) is 5.75 Å². The molecule has 0 aliphatic heterocycles. The summed E-state index contributed by atoms with van der Waals surface area (Å²) in [7, 11) is 0. The van der Waals surface area contributed by atoms with Crippen LogP contribution in [0.25, 0.3) is 0 Å². The number of hydrogen-bond donors (Lipinski definition) is 1. The largest absolute Gasteiger partial charge is 0.507 e. The van der Waals surface area contributed by atoms with Crippen molar-refractivity contribution in [2.45, 2.75) is 57.0 Å². The lowest BCUT2D eigenvalue weighted by Gasteiger charge is -2.20. The number of rotatable bonds is 7. The summed E-state index contributed by atoms with van der Waals surface area (Å²) < 4.78 is 43.0. The Bertz CT molecular complexity index is 823. The molecule has 1 aromatic heterocycles. The monoisotopic (exact) mass is 380 g/mol. The Morgan fingerprint density at radius 3 is 2.41 bits per heavy atom. The van der Waals surface area contributed by atoms with Crippen LogP contribution in [0.3, 0.4) is 0 Å². The van der Waals surface area contributed by atoms with E-state index in [9.17, 15) is 23.1 Å². The maximum Gasteiger partial charge on any atom is 0.389 e. The molecule has 3 nitrogen and oxygen atoms in total. The zero-order chi connectivity index (χ0) is 19.6. The number of hydrogen-bond acceptors (Lipinski definition) is 3. The molecular weight excluding hydrogens is 357 g/mol. The van der Waals surface area contributed by atoms with Crippen molar-refractivity contribution in [3.63, 3.8) is 0 Å². The van der Waals surface area contributed by atoms with E-state index in [0.29, 0.717) is 6.42 Å². The van der Waals surface area contributed by atoms with Gasteiger partial charge in [-0.05, 0) is 37.2 Å². The Hall–Kier alpha value is -2.24. The van der Waals surface area contributed by atoms with Crippen molar-refractivity contribution in [3.05, 3.63) is 63.7 Å². The van der Waals surface area contributed by atoms with Crippen LogP contribution in [0.2, 0.25) is 0 Å². The lowest BCUT2D eigenvalue weighted by molar-refractivity contribution is -0.136. The molecule has 3 rings (SSSR count). The molecule has 146 valence electrons. The van der Waals surface area contributed by atoms with Crippen LogP contribution >= 0.6 is 0 Å². The molecule has 27 heavy (non-hydrogen) atoms. The first-order valence-corrected chi connectivity index (χ1v) is 9.28. The van der Waals surface area contributed by atoms with E-state index < -0.39 is 24.1 Å². The van der Waals surface area contributed by atoms with Crippen LogP contribution in [0.15, 0.2) is 45.6 Å². The fourth-order valence-electron chi connectivity index (χ4n) is 3.65. The van der Waals surface area contributed by atoms with Gasteiger partial charge >= 0.3 is 11.8 Å². The van der Waals surface area contributed by atoms with Gasteiger partial charge < -0.3 is 9.52 Å². The van der Waals surface area contributed by atoms with Crippen molar-refractivity contribution >= 4 is 0 Å². The summed E-state index contributed by atoms with van der Waals surface area (Å²) in [6.07, 6.45) is -3.08. The molecule has 1 aliphatic rings. The standard InChI is InChI=1S/C21H23F3O3/c1-2-13(10-11-21(22,23)24)17-12-16(25)19(20(26)27-17)18(15-8-9-15)14-6-4-3-5-7-14/h3-7,12-13,15,18,25H,2,8-11H2,1H3. The zero-order valence-electron chi connectivity index (χ0n) is 15.1. The first kappa shape index (κ1) is 19.5. The van der Waals surface area contributed by atoms with Gasteiger partial charge in [-0.1, -0.05) is 37.3 Å². The van der Waals surface area contributed by atoms with E-state index >= 15 is 0 Å². The first-order chi connectivity index (χ1) is 12.8. The quantitative estimate of drug-likeness (QED) is 0.668. The van der Waals surface area contributed by atoms with Crippen molar-refractivity contribution < 1.29 is 22.7 Å². The predicted molar refractivity (Wildman–Crippen MR) is 96.0 cm³/mol. The fourth-order valence-corrected chi connectivity index (χ4v) is 3.65. The van der Waals surface area contributed by atoms with Gasteiger partial charge in [-0.3, -0.25) is 0 Å². The Kier molecular flexibility index (Phi) is 5.63. The third-order valence-electron chi connectivity index (χ3n) is 5.22. The topological polar surface area (TPSA) is 50.4 Å². The minimum absolute atomic E-state index is 0.121. The highest BCUT2D eigenvalue weighted by atomic mass is 19.4. The molecule has 1 aliphatic carbocycles. The van der Waals surface area contributed by atoms with Crippen molar-refractivity contribution in [2.75, 3.05) is 0 Å². The average Bonchev–Trinajstić information content (AvgIpc) is 3.43. The number of alkyl halides is 3. The Labute approximate surface area is 155 Å². The summed E-state index contributed by atoms with van der Waals surface area (Å²) in [5.41, 5.74) is 0.480. The average molecular weight is 380 g/mol. The van der Waals surface area contributed by atoms with Crippen LogP contribution < -0.4 is 5.63 Å². The third kappa shape index (κ3) is 4.73. The normalized spacial score (nSPS) is 16.9. The molecule has 2 unspecified atom stereocenters. The van der Waals surface area contributed by atoms with E-state index in [1.54, 1.807) is 6.92 Å². The van der Waals surface area contributed by atoms with Crippen molar-refractivity contribution in [1.29, 1.82) is 0 Å². The number of aromatic hydroxyl groups is 1. The van der Waals surface area contributed by atoms with Gasteiger partial charge in [-0.25, -0.2) is 4.79 Å². The molecule has 1 N–H and O–H groups in total. The Morgan fingerprint density at radius 2 is 1.89 bits per heavy atom. The Morgan fingerprint density at radius 1 is 1.22 bits per heavy atom. The fraction of sp³-hybridized carbons (Fsp3) is 0.476. The molecule has 1 aromatic carbocycles. The summed E-state index contributed by atoms with van der Waals surface area (Å²) in [6.45, 7) is 1.74. The summed E-state index contributed by atoms with van der Waals surface area (Å²) in [5, 5.41) is 10.6. The minimum atomic E-state index is -4.26. The summed E-state index contributed by atoms with van der Waals surface area (Å²) >= 11 is 0. The number of halogens is 3. The van der Waals surface area contributed by atoms with Gasteiger partial charge in [-0.15, -0.1) is 0 Å². The lowest BCUT2D eigenvalue weighted by Crippen LogP contribution is -2.18. The van der Waals surface area contributed by atoms with E-state index in [4.69, 9.17) is 4.42 Å². The zero-order valence-corrected chi connectivity index (χ0v) is 15.1. The molecule has 0 bridgehead atoms. The second-order valence-corrected chi connectivity index (χ2v) is 7.22. The predicted octanol–water partition coefficient (Wildman–Crippen LogP) is 5.72. The van der Waals surface area contributed by atoms with Gasteiger partial charge in [0.1, 0.15) is 11.5 Å². The SMILES string of the molecule is CCC(CCC(F)(F)F)c1cc(O)c(C(c2ccccc2)C2CC2)c(=O)o1. The van der Waals surface area contributed by atoms with Crippen LogP contribution in [-0.2, 0) is 0 Å². The molecule has 2 aromatic rings. The molecule has 1 saturated carbocycles. The van der Waals surface area contributed by atoms with Crippen LogP contribution in [0.1, 0.15) is 67.8 Å². The van der Waals surface area contributed by atoms with Gasteiger partial charge in [0.2, 0.25) is 0 Å². The first-order valence-electron chi connectivity index (χ1n) is 9.28. The summed E-state index contributed by atoms with van der Waals surface area (Å²) in [4.78, 5) is 12.7. The Balaban J connectivity index is 1.93. The maximum atomic E-state index is 12.7. The van der Waals surface area contributed by atoms with Gasteiger partial charge in [0.25, 0.3) is 0 Å². The van der Waals surface area contributed by atoms with Crippen molar-refractivity contribution in [1.82, 2.24) is 0 Å². The van der Waals surface area contributed by atoms with Crippen molar-refractivity contribution in [2.24, 2.45) is 5.92 Å². The van der Waals surface area contributed by atoms with Crippen LogP contribution in [-0.4, -0.2) is 11.3 Å². The van der Waals surface area contributed by atoms with E-state index in [0.717, 1.165) is 18.4 Å². The second kappa shape index (κ2) is 7.79. The lowest BCUT2D eigenvalue weighted by atomic mass is 9.87. The van der Waals surface area contributed by atoms with Gasteiger partial charge in [-0.2, -0.15) is 13.2 Å². The van der Waals surface area contributed by atoms with Crippen molar-refractivity contribution in [3.8, 4) is 5.75 Å². The molecule has 6 heteroatoms. The minimum Gasteiger partial charge on any atom is -0.507 e. The smallest absolute Gasteiger partial charge is 0.389 e. The van der Waals surface area contributed by atoms with Gasteiger partial charge in [0.15, 0.2) is 0 Å². The summed E-state index contributed by atoms with van der Waals surface area (Å²) in [6, 6.07) is 10.8. The van der Waals surface area contributed by atoms with E-state index in [1.807, 2.05) is 30.3 Å². The highest BCUT2D eigenvalue weighted by Crippen LogP contribution is 2.47. The molecular formula is C21H23F3O3. The maximum absolute atomic E-state index is 12.7. The highest BCUT2D eigenvalue weighted by molar-refractivity contribution is 5.41. The molecule has 0 spiro atoms. The molecule has 0 radical (unpaired) electrons.